The summed E-state index contributed by atoms with van der Waals surface area (Å²) in [5.41, 5.74) is 0. The predicted octanol–water partition coefficient (Wildman–Crippen LogP) is 3.71. The smallest absolute Gasteiger partial charge is 0.349 e. The van der Waals surface area contributed by atoms with E-state index in [1.54, 1.807) is 0 Å². The molecule has 2 atom stereocenters. The Hall–Kier alpha value is -1.03. The predicted molar refractivity (Wildman–Crippen MR) is 68.1 cm³/mol. The number of hydrogen-bond acceptors (Lipinski definition) is 3. The van der Waals surface area contributed by atoms with Gasteiger partial charge in [0.2, 0.25) is 0 Å². The fraction of sp³-hybridized carbons (Fsp3) is 0.615. The summed E-state index contributed by atoms with van der Waals surface area (Å²) in [5, 5.41) is 9.09. The lowest BCUT2D eigenvalue weighted by atomic mass is 9.89. The summed E-state index contributed by atoms with van der Waals surface area (Å²) in [6.07, 6.45) is 4.70. The lowest BCUT2D eigenvalue weighted by Crippen LogP contribution is -2.24. The summed E-state index contributed by atoms with van der Waals surface area (Å²) < 4.78 is 5.87. The molecule has 1 aromatic rings. The van der Waals surface area contributed by atoms with Crippen LogP contribution in [-0.2, 0) is 0 Å². The van der Waals surface area contributed by atoms with Crippen molar-refractivity contribution in [2.45, 2.75) is 45.6 Å². The summed E-state index contributed by atoms with van der Waals surface area (Å²) in [6, 6.07) is 1.84. The topological polar surface area (TPSA) is 46.5 Å². The molecule has 1 aliphatic rings. The fourth-order valence-electron chi connectivity index (χ4n) is 2.39. The molecule has 0 aliphatic heterocycles. The number of aryl methyl sites for hydroxylation is 1. The monoisotopic (exact) mass is 254 g/mol. The second-order valence-electron chi connectivity index (χ2n) is 4.87. The normalized spacial score (nSPS) is 24.6. The number of carboxylic acid groups (broad SMARTS) is 1. The van der Waals surface area contributed by atoms with E-state index in [0.717, 1.165) is 17.7 Å². The first-order chi connectivity index (χ1) is 8.06. The van der Waals surface area contributed by atoms with Gasteiger partial charge in [-0.3, -0.25) is 0 Å². The van der Waals surface area contributed by atoms with Crippen molar-refractivity contribution in [3.05, 3.63) is 15.8 Å². The van der Waals surface area contributed by atoms with E-state index in [9.17, 15) is 4.79 Å². The quantitative estimate of drug-likeness (QED) is 0.894. The molecule has 3 nitrogen and oxygen atoms in total. The van der Waals surface area contributed by atoms with Crippen LogP contribution in [0.5, 0.6) is 5.75 Å². The molecule has 94 valence electrons. The van der Waals surface area contributed by atoms with E-state index in [1.807, 2.05) is 13.0 Å². The Labute approximate surface area is 105 Å². The highest BCUT2D eigenvalue weighted by atomic mass is 32.1. The SMILES string of the molecule is Cc1cc(OC2CCCC(C)C2)c(C(=O)O)s1. The standard InChI is InChI=1S/C13H18O3S/c1-8-4-3-5-10(6-8)16-11-7-9(2)17-12(11)13(14)15/h7-8,10H,3-6H2,1-2H3,(H,14,15). The average molecular weight is 254 g/mol. The molecule has 0 spiro atoms. The summed E-state index contributed by atoms with van der Waals surface area (Å²) >= 11 is 1.29. The van der Waals surface area contributed by atoms with E-state index in [0.29, 0.717) is 16.5 Å². The third-order valence-corrected chi connectivity index (χ3v) is 4.22. The van der Waals surface area contributed by atoms with E-state index in [2.05, 4.69) is 6.92 Å². The van der Waals surface area contributed by atoms with Gasteiger partial charge in [0, 0.05) is 4.88 Å². The third kappa shape index (κ3) is 3.00. The molecule has 0 saturated heterocycles. The molecule has 2 unspecified atom stereocenters. The van der Waals surface area contributed by atoms with Crippen LogP contribution in [0.2, 0.25) is 0 Å². The molecule has 0 amide bonds. The van der Waals surface area contributed by atoms with E-state index in [-0.39, 0.29) is 6.10 Å². The first kappa shape index (κ1) is 12.4. The van der Waals surface area contributed by atoms with E-state index in [4.69, 9.17) is 9.84 Å². The van der Waals surface area contributed by atoms with Gasteiger partial charge in [0.15, 0.2) is 4.88 Å². The maximum absolute atomic E-state index is 11.1. The van der Waals surface area contributed by atoms with Crippen LogP contribution in [-0.4, -0.2) is 17.2 Å². The van der Waals surface area contributed by atoms with Crippen molar-refractivity contribution in [1.82, 2.24) is 0 Å². The molecule has 1 aliphatic carbocycles. The molecule has 1 aromatic heterocycles. The van der Waals surface area contributed by atoms with Gasteiger partial charge in [-0.05, 0) is 38.2 Å². The summed E-state index contributed by atoms with van der Waals surface area (Å²) in [4.78, 5) is 12.4. The second-order valence-corrected chi connectivity index (χ2v) is 6.12. The molecule has 1 heterocycles. The maximum Gasteiger partial charge on any atom is 0.349 e. The highest BCUT2D eigenvalue weighted by Crippen LogP contribution is 2.33. The lowest BCUT2D eigenvalue weighted by molar-refractivity contribution is 0.0690. The maximum atomic E-state index is 11.1. The van der Waals surface area contributed by atoms with Gasteiger partial charge in [0.25, 0.3) is 0 Å². The van der Waals surface area contributed by atoms with Crippen LogP contribution < -0.4 is 4.74 Å². The Morgan fingerprint density at radius 3 is 2.94 bits per heavy atom. The molecule has 0 aromatic carbocycles. The largest absolute Gasteiger partial charge is 0.489 e. The van der Waals surface area contributed by atoms with E-state index < -0.39 is 5.97 Å². The minimum Gasteiger partial charge on any atom is -0.489 e. The van der Waals surface area contributed by atoms with Crippen LogP contribution in [0, 0.1) is 12.8 Å². The highest BCUT2D eigenvalue weighted by molar-refractivity contribution is 7.14. The van der Waals surface area contributed by atoms with Gasteiger partial charge in [-0.2, -0.15) is 0 Å². The van der Waals surface area contributed by atoms with Gasteiger partial charge in [0.1, 0.15) is 5.75 Å². The van der Waals surface area contributed by atoms with Gasteiger partial charge in [0.05, 0.1) is 6.10 Å². The molecule has 17 heavy (non-hydrogen) atoms. The van der Waals surface area contributed by atoms with Crippen molar-refractivity contribution in [3.63, 3.8) is 0 Å². The molecular weight excluding hydrogens is 236 g/mol. The van der Waals surface area contributed by atoms with Crippen LogP contribution in [0.1, 0.15) is 47.2 Å². The molecule has 0 bridgehead atoms. The zero-order valence-electron chi connectivity index (χ0n) is 10.2. The third-order valence-electron chi connectivity index (χ3n) is 3.20. The van der Waals surface area contributed by atoms with Gasteiger partial charge < -0.3 is 9.84 Å². The molecule has 4 heteroatoms. The van der Waals surface area contributed by atoms with Crippen molar-refractivity contribution >= 4 is 17.3 Å². The van der Waals surface area contributed by atoms with Crippen LogP contribution in [0.4, 0.5) is 0 Å². The van der Waals surface area contributed by atoms with Gasteiger partial charge >= 0.3 is 5.97 Å². The van der Waals surface area contributed by atoms with E-state index >= 15 is 0 Å². The molecule has 1 fully saturated rings. The Bertz CT molecular complexity index is 411. The van der Waals surface area contributed by atoms with Crippen molar-refractivity contribution in [1.29, 1.82) is 0 Å². The van der Waals surface area contributed by atoms with Gasteiger partial charge in [-0.15, -0.1) is 11.3 Å². The average Bonchev–Trinajstić information content (AvgIpc) is 2.59. The number of ether oxygens (including phenoxy) is 1. The van der Waals surface area contributed by atoms with Crippen LogP contribution in [0.15, 0.2) is 6.07 Å². The lowest BCUT2D eigenvalue weighted by Gasteiger charge is -2.27. The Kier molecular flexibility index (Phi) is 3.72. The molecule has 0 radical (unpaired) electrons. The van der Waals surface area contributed by atoms with Crippen LogP contribution in [0.3, 0.4) is 0 Å². The Balaban J connectivity index is 2.09. The minimum atomic E-state index is -0.887. The van der Waals surface area contributed by atoms with Crippen molar-refractivity contribution in [3.8, 4) is 5.75 Å². The fourth-order valence-corrected chi connectivity index (χ4v) is 3.18. The Morgan fingerprint density at radius 2 is 2.29 bits per heavy atom. The van der Waals surface area contributed by atoms with Crippen molar-refractivity contribution in [2.75, 3.05) is 0 Å². The number of rotatable bonds is 3. The zero-order chi connectivity index (χ0) is 12.4. The second kappa shape index (κ2) is 5.08. The molecular formula is C13H18O3S. The first-order valence-corrected chi connectivity index (χ1v) is 6.88. The van der Waals surface area contributed by atoms with Crippen LogP contribution in [0.25, 0.3) is 0 Å². The van der Waals surface area contributed by atoms with Crippen LogP contribution >= 0.6 is 11.3 Å². The summed E-state index contributed by atoms with van der Waals surface area (Å²) in [5.74, 6) is 0.350. The number of hydrogen-bond donors (Lipinski definition) is 1. The van der Waals surface area contributed by atoms with Gasteiger partial charge in [-0.1, -0.05) is 13.3 Å². The number of aromatic carboxylic acids is 1. The van der Waals surface area contributed by atoms with Gasteiger partial charge in [-0.25, -0.2) is 4.79 Å². The summed E-state index contributed by atoms with van der Waals surface area (Å²) in [7, 11) is 0. The number of carboxylic acids is 1. The van der Waals surface area contributed by atoms with E-state index in [1.165, 1.54) is 24.2 Å². The minimum absolute atomic E-state index is 0.186. The molecule has 1 N–H and O–H groups in total. The first-order valence-electron chi connectivity index (χ1n) is 6.06. The Morgan fingerprint density at radius 1 is 1.53 bits per heavy atom. The summed E-state index contributed by atoms with van der Waals surface area (Å²) in [6.45, 7) is 4.14. The zero-order valence-corrected chi connectivity index (χ0v) is 11.0. The van der Waals surface area contributed by atoms with Crippen molar-refractivity contribution in [2.24, 2.45) is 5.92 Å². The number of thiophene rings is 1. The molecule has 2 rings (SSSR count). The number of carbonyl (C=O) groups is 1. The molecule has 1 saturated carbocycles. The van der Waals surface area contributed by atoms with Crippen molar-refractivity contribution < 1.29 is 14.6 Å². The highest BCUT2D eigenvalue weighted by Gasteiger charge is 2.23.